The molecule has 6 fully saturated rings. The molecule has 4 saturated heterocycles. The Hall–Kier alpha value is -3.63. The van der Waals surface area contributed by atoms with Crippen molar-refractivity contribution >= 4 is 45.8 Å². The molecule has 4 bridgehead atoms. The van der Waals surface area contributed by atoms with Gasteiger partial charge in [0.05, 0.1) is 37.0 Å². The van der Waals surface area contributed by atoms with Gasteiger partial charge in [0.25, 0.3) is 11.8 Å². The monoisotopic (exact) mass is 686 g/mol. The van der Waals surface area contributed by atoms with Crippen molar-refractivity contribution in [2.75, 3.05) is 26.2 Å². The summed E-state index contributed by atoms with van der Waals surface area (Å²) in [6.45, 7) is -0.765. The molecule has 22 heteroatoms. The van der Waals surface area contributed by atoms with E-state index in [2.05, 4.69) is 14.9 Å². The number of piperidine rings is 2. The van der Waals surface area contributed by atoms with Gasteiger partial charge in [0, 0.05) is 25.9 Å². The summed E-state index contributed by atoms with van der Waals surface area (Å²) >= 11 is 0. The van der Waals surface area contributed by atoms with Crippen LogP contribution in [0, 0.1) is 11.8 Å². The molecule has 4 N–H and O–H groups in total. The first-order chi connectivity index (χ1) is 21.3. The van der Waals surface area contributed by atoms with E-state index in [0.29, 0.717) is 23.0 Å². The van der Waals surface area contributed by atoms with E-state index in [9.17, 15) is 60.0 Å². The van der Waals surface area contributed by atoms with Crippen LogP contribution in [0.3, 0.4) is 0 Å². The number of rotatable bonds is 10. The fourth-order valence-electron chi connectivity index (χ4n) is 5.98. The van der Waals surface area contributed by atoms with E-state index in [1.165, 1.54) is 4.90 Å². The molecule has 0 aromatic carbocycles. The Balaban J connectivity index is 0.000000184. The van der Waals surface area contributed by atoms with Crippen LogP contribution in [0.1, 0.15) is 38.5 Å². The molecule has 6 atom stereocenters. The number of Topliss-reactive ketones (excluding diaryl/α,β-unsaturated/α-hetero) is 2. The summed E-state index contributed by atoms with van der Waals surface area (Å²) in [6, 6.07) is -4.26. The first-order valence-electron chi connectivity index (χ1n) is 14.2. The van der Waals surface area contributed by atoms with Crippen LogP contribution in [0.5, 0.6) is 0 Å². The Morgan fingerprint density at radius 3 is 1.63 bits per heavy atom. The molecule has 46 heavy (non-hydrogen) atoms. The number of carbonyl (C=O) groups excluding carboxylic acids is 6. The average molecular weight is 687 g/mol. The lowest BCUT2D eigenvalue weighted by Gasteiger charge is -2.29. The van der Waals surface area contributed by atoms with E-state index < -0.39 is 114 Å². The van der Waals surface area contributed by atoms with Crippen molar-refractivity contribution in [3.05, 3.63) is 0 Å². The van der Waals surface area contributed by atoms with Crippen molar-refractivity contribution in [2.24, 2.45) is 11.8 Å². The third kappa shape index (κ3) is 6.88. The van der Waals surface area contributed by atoms with Crippen molar-refractivity contribution in [3.63, 3.8) is 0 Å². The Morgan fingerprint density at radius 1 is 0.783 bits per heavy atom. The summed E-state index contributed by atoms with van der Waals surface area (Å²) in [6.07, 6.45) is 0.251. The van der Waals surface area contributed by atoms with Crippen LogP contribution in [0.4, 0.5) is 27.2 Å². The van der Waals surface area contributed by atoms with Gasteiger partial charge in [-0.05, 0) is 25.7 Å². The Bertz CT molecular complexity index is 1450. The van der Waals surface area contributed by atoms with Crippen LogP contribution in [-0.4, -0.2) is 136 Å². The third-order valence-corrected chi connectivity index (χ3v) is 9.10. The number of ketones is 2. The maximum absolute atomic E-state index is 12.8. The average Bonchev–Trinajstić information content (AvgIpc) is 3.80. The zero-order valence-corrected chi connectivity index (χ0v) is 24.6. The molecule has 0 aromatic heterocycles. The van der Waals surface area contributed by atoms with E-state index >= 15 is 0 Å². The van der Waals surface area contributed by atoms with Gasteiger partial charge < -0.3 is 20.4 Å². The third-order valence-electron chi connectivity index (χ3n) is 8.75. The zero-order valence-electron chi connectivity index (χ0n) is 23.8. The fourth-order valence-corrected chi connectivity index (χ4v) is 6.37. The minimum absolute atomic E-state index is 0.00107. The van der Waals surface area contributed by atoms with Gasteiger partial charge in [-0.25, -0.2) is 32.2 Å². The summed E-state index contributed by atoms with van der Waals surface area (Å²) in [5.41, 5.74) is 0. The lowest BCUT2D eigenvalue weighted by atomic mass is 10.0. The second kappa shape index (κ2) is 11.9. The van der Waals surface area contributed by atoms with Gasteiger partial charge in [-0.2, -0.15) is 13.5 Å². The molecule has 6 amide bonds. The number of halogens is 4. The molecular formula is C24H30F4N6O11S. The molecule has 17 nitrogen and oxygen atoms in total. The minimum Gasteiger partial charge on any atom is -0.347 e. The highest BCUT2D eigenvalue weighted by atomic mass is 32.3. The minimum atomic E-state index is -4.89. The number of hydrogen-bond acceptors (Lipinski definition) is 10. The second-order valence-electron chi connectivity index (χ2n) is 11.9. The number of nitrogens with zero attached hydrogens (tertiary/aromatic N) is 4. The zero-order chi connectivity index (χ0) is 33.9. The van der Waals surface area contributed by atoms with Gasteiger partial charge in [0.1, 0.15) is 12.1 Å². The van der Waals surface area contributed by atoms with E-state index in [1.54, 1.807) is 0 Å². The highest BCUT2D eigenvalue weighted by molar-refractivity contribution is 7.80. The molecular weight excluding hydrogens is 656 g/mol. The SMILES string of the molecule is O=C(CNC(=O)[C@@H]1CC[C@@H]2CN1C(=O)N2O)C1CC1(F)F.O=C(CNC(=O)[C@@H]1CC[C@@H]2CN1C(=O)N2OS(=O)(=O)O)C1CC1(F)F. The standard InChI is InChI=1S/C12H15F2N3O7S.C12H15F2N3O4/c13-12(14)3-7(12)9(18)4-15-10(19)8-2-1-6-5-16(8)11(20)17(6)24-25(21,22)23;13-12(14)3-7(12)9(18)4-15-10(19)8-2-1-6-5-16(8)11(20)17(6)21/h6-8H,1-5H2,(H,15,19)(H,21,22,23);6-8,21H,1-5H2,(H,15,19)/t2*6-,7?,8+/m11/s1. The molecule has 2 aliphatic carbocycles. The van der Waals surface area contributed by atoms with Crippen molar-refractivity contribution in [3.8, 4) is 0 Å². The van der Waals surface area contributed by atoms with Crippen LogP contribution < -0.4 is 10.6 Å². The topological polar surface area (TPSA) is 223 Å². The molecule has 6 rings (SSSR count). The lowest BCUT2D eigenvalue weighted by molar-refractivity contribution is -0.129. The molecule has 256 valence electrons. The lowest BCUT2D eigenvalue weighted by Crippen LogP contribution is -2.50. The quantitative estimate of drug-likeness (QED) is 0.128. The summed E-state index contributed by atoms with van der Waals surface area (Å²) in [7, 11) is -4.89. The van der Waals surface area contributed by atoms with Crippen LogP contribution >= 0.6 is 0 Å². The van der Waals surface area contributed by atoms with Gasteiger partial charge in [-0.1, -0.05) is 0 Å². The molecule has 4 aliphatic heterocycles. The Morgan fingerprint density at radius 2 is 1.20 bits per heavy atom. The highest BCUT2D eigenvalue weighted by Crippen LogP contribution is 2.49. The van der Waals surface area contributed by atoms with Crippen molar-refractivity contribution in [2.45, 2.75) is 74.5 Å². The number of fused-ring (bicyclic) bond motifs is 4. The number of carbonyl (C=O) groups is 6. The van der Waals surface area contributed by atoms with Crippen LogP contribution in [0.25, 0.3) is 0 Å². The maximum atomic E-state index is 12.8. The van der Waals surface area contributed by atoms with Crippen LogP contribution in [0.15, 0.2) is 0 Å². The molecule has 0 aromatic rings. The molecule has 2 unspecified atom stereocenters. The Kier molecular flexibility index (Phi) is 8.70. The smallest absolute Gasteiger partial charge is 0.347 e. The number of alkyl halides is 4. The molecule has 4 heterocycles. The maximum Gasteiger partial charge on any atom is 0.418 e. The molecule has 0 spiro atoms. The van der Waals surface area contributed by atoms with Gasteiger partial charge in [0.15, 0.2) is 11.6 Å². The fraction of sp³-hybridized carbons (Fsp3) is 0.750. The van der Waals surface area contributed by atoms with Crippen LogP contribution in [-0.2, 0) is 33.9 Å². The summed E-state index contributed by atoms with van der Waals surface area (Å²) in [5, 5.41) is 15.1. The number of amides is 6. The van der Waals surface area contributed by atoms with Gasteiger partial charge in [-0.3, -0.25) is 28.9 Å². The van der Waals surface area contributed by atoms with E-state index in [0.717, 1.165) is 4.90 Å². The number of hydrogen-bond donors (Lipinski definition) is 4. The molecule has 0 radical (unpaired) electrons. The molecule has 2 saturated carbocycles. The number of nitrogens with one attached hydrogen (secondary N) is 2. The summed E-state index contributed by atoms with van der Waals surface area (Å²) < 4.78 is 85.5. The van der Waals surface area contributed by atoms with Crippen molar-refractivity contribution in [1.29, 1.82) is 0 Å². The van der Waals surface area contributed by atoms with Crippen molar-refractivity contribution < 1.29 is 68.8 Å². The Labute approximate surface area is 258 Å². The summed E-state index contributed by atoms with van der Waals surface area (Å²) in [5.74, 6) is -11.4. The van der Waals surface area contributed by atoms with E-state index in [1.807, 2.05) is 0 Å². The largest absolute Gasteiger partial charge is 0.418 e. The number of urea groups is 2. The first kappa shape index (κ1) is 33.7. The molecule has 6 aliphatic rings. The van der Waals surface area contributed by atoms with E-state index in [4.69, 9.17) is 4.55 Å². The summed E-state index contributed by atoms with van der Waals surface area (Å²) in [4.78, 5) is 73.3. The first-order valence-corrected chi connectivity index (χ1v) is 15.6. The predicted octanol–water partition coefficient (Wildman–Crippen LogP) is -0.685. The van der Waals surface area contributed by atoms with Gasteiger partial charge in [-0.15, -0.1) is 4.28 Å². The van der Waals surface area contributed by atoms with Crippen LogP contribution in [0.2, 0.25) is 0 Å². The number of hydroxylamine groups is 4. The predicted molar refractivity (Wildman–Crippen MR) is 138 cm³/mol. The second-order valence-corrected chi connectivity index (χ2v) is 12.9. The normalized spacial score (nSPS) is 31.6. The van der Waals surface area contributed by atoms with E-state index in [-0.39, 0.29) is 32.0 Å². The van der Waals surface area contributed by atoms with Crippen molar-refractivity contribution in [1.82, 2.24) is 30.6 Å². The van der Waals surface area contributed by atoms with Gasteiger partial charge in [0.2, 0.25) is 11.8 Å². The van der Waals surface area contributed by atoms with Gasteiger partial charge >= 0.3 is 22.5 Å². The highest BCUT2D eigenvalue weighted by Gasteiger charge is 2.61.